The van der Waals surface area contributed by atoms with Crippen LogP contribution in [0, 0.1) is 0 Å². The van der Waals surface area contributed by atoms with Crippen molar-refractivity contribution in [2.75, 3.05) is 30.8 Å². The molecule has 0 radical (unpaired) electrons. The Morgan fingerprint density at radius 1 is 1.53 bits per heavy atom. The minimum atomic E-state index is 0.375. The number of nitrogens with zero attached hydrogens (tertiary/aromatic N) is 3. The van der Waals surface area contributed by atoms with E-state index >= 15 is 0 Å². The fourth-order valence-corrected chi connectivity index (χ4v) is 3.32. The molecule has 1 saturated heterocycles. The van der Waals surface area contributed by atoms with E-state index in [0.717, 1.165) is 31.2 Å². The highest BCUT2D eigenvalue weighted by Gasteiger charge is 2.20. The first-order valence-electron chi connectivity index (χ1n) is 6.98. The number of thioether (sulfide) groups is 1. The molecule has 1 aromatic heterocycles. The monoisotopic (exact) mass is 280 g/mol. The van der Waals surface area contributed by atoms with Gasteiger partial charge in [-0.15, -0.1) is 0 Å². The highest BCUT2D eigenvalue weighted by atomic mass is 32.2. The molecule has 2 rings (SSSR count). The van der Waals surface area contributed by atoms with Gasteiger partial charge in [0.1, 0.15) is 5.82 Å². The van der Waals surface area contributed by atoms with E-state index in [1.54, 1.807) is 0 Å². The number of anilines is 1. The van der Waals surface area contributed by atoms with Gasteiger partial charge in [-0.1, -0.05) is 20.8 Å². The zero-order valence-electron chi connectivity index (χ0n) is 12.3. The molecule has 1 N–H and O–H groups in total. The third kappa shape index (κ3) is 3.60. The lowest BCUT2D eigenvalue weighted by Crippen LogP contribution is -2.37. The Morgan fingerprint density at radius 2 is 2.32 bits per heavy atom. The molecule has 1 unspecified atom stereocenters. The predicted octanol–water partition coefficient (Wildman–Crippen LogP) is 2.26. The molecule has 0 bridgehead atoms. The molecule has 106 valence electrons. The molecular formula is C14H24N4S. The van der Waals surface area contributed by atoms with Crippen molar-refractivity contribution in [1.82, 2.24) is 15.3 Å². The van der Waals surface area contributed by atoms with Crippen LogP contribution in [-0.2, 0) is 6.54 Å². The van der Waals surface area contributed by atoms with Crippen molar-refractivity contribution in [3.8, 4) is 0 Å². The maximum Gasteiger partial charge on any atom is 0.131 e. The van der Waals surface area contributed by atoms with Crippen LogP contribution in [0.2, 0.25) is 0 Å². The Balaban J connectivity index is 2.27. The Labute approximate surface area is 120 Å². The smallest absolute Gasteiger partial charge is 0.131 e. The Bertz CT molecular complexity index is 422. The van der Waals surface area contributed by atoms with Crippen LogP contribution in [-0.4, -0.2) is 41.1 Å². The molecule has 1 aromatic rings. The molecule has 2 heterocycles. The first kappa shape index (κ1) is 14.6. The van der Waals surface area contributed by atoms with Crippen molar-refractivity contribution in [2.45, 2.75) is 38.5 Å². The summed E-state index contributed by atoms with van der Waals surface area (Å²) in [6, 6.07) is 0. The second kappa shape index (κ2) is 6.57. The largest absolute Gasteiger partial charge is 0.367 e. The molecule has 0 aliphatic carbocycles. The summed E-state index contributed by atoms with van der Waals surface area (Å²) >= 11 is 2.05. The number of hydrogen-bond donors (Lipinski definition) is 1. The average molecular weight is 280 g/mol. The Hall–Kier alpha value is -0.810. The molecule has 5 heteroatoms. The third-order valence-electron chi connectivity index (χ3n) is 3.31. The normalized spacial score (nSPS) is 20.1. The number of hydrogen-bond acceptors (Lipinski definition) is 5. The number of rotatable bonds is 4. The van der Waals surface area contributed by atoms with E-state index in [-0.39, 0.29) is 0 Å². The van der Waals surface area contributed by atoms with Gasteiger partial charge >= 0.3 is 0 Å². The van der Waals surface area contributed by atoms with Crippen LogP contribution in [0.5, 0.6) is 0 Å². The van der Waals surface area contributed by atoms with E-state index in [4.69, 9.17) is 4.98 Å². The van der Waals surface area contributed by atoms with Crippen molar-refractivity contribution in [1.29, 1.82) is 0 Å². The molecule has 0 saturated carbocycles. The molecular weight excluding hydrogens is 256 g/mol. The summed E-state index contributed by atoms with van der Waals surface area (Å²) in [5.41, 5.74) is 2.33. The third-order valence-corrected chi connectivity index (χ3v) is 4.44. The van der Waals surface area contributed by atoms with E-state index in [1.807, 2.05) is 25.0 Å². The molecule has 0 spiro atoms. The number of aromatic nitrogens is 2. The Morgan fingerprint density at radius 3 is 2.95 bits per heavy atom. The zero-order valence-corrected chi connectivity index (χ0v) is 13.1. The van der Waals surface area contributed by atoms with Gasteiger partial charge in [0.05, 0.1) is 17.6 Å². The van der Waals surface area contributed by atoms with Crippen molar-refractivity contribution < 1.29 is 0 Å². The van der Waals surface area contributed by atoms with Gasteiger partial charge in [-0.3, -0.25) is 0 Å². The second-order valence-electron chi connectivity index (χ2n) is 5.37. The fourth-order valence-electron chi connectivity index (χ4n) is 2.30. The summed E-state index contributed by atoms with van der Waals surface area (Å²) in [6.07, 6.45) is 2.01. The van der Waals surface area contributed by atoms with Crippen LogP contribution >= 0.6 is 11.8 Å². The van der Waals surface area contributed by atoms with Gasteiger partial charge in [-0.2, -0.15) is 11.8 Å². The van der Waals surface area contributed by atoms with E-state index in [9.17, 15) is 0 Å². The van der Waals surface area contributed by atoms with E-state index in [0.29, 0.717) is 11.2 Å². The van der Waals surface area contributed by atoms with Gasteiger partial charge in [-0.25, -0.2) is 9.97 Å². The van der Waals surface area contributed by atoms with Crippen LogP contribution in [0.3, 0.4) is 0 Å². The van der Waals surface area contributed by atoms with Gasteiger partial charge < -0.3 is 10.2 Å². The van der Waals surface area contributed by atoms with Crippen molar-refractivity contribution in [3.63, 3.8) is 0 Å². The van der Waals surface area contributed by atoms with Crippen molar-refractivity contribution in [2.24, 2.45) is 0 Å². The van der Waals surface area contributed by atoms with E-state index in [1.165, 1.54) is 11.4 Å². The fraction of sp³-hybridized carbons (Fsp3) is 0.714. The van der Waals surface area contributed by atoms with Gasteiger partial charge in [0.15, 0.2) is 0 Å². The SMILES string of the molecule is CNCc1nc(C(C)C)ncc1N1CCSC(C)C1. The predicted molar refractivity (Wildman–Crippen MR) is 83.0 cm³/mol. The average Bonchev–Trinajstić information content (AvgIpc) is 2.39. The van der Waals surface area contributed by atoms with Crippen molar-refractivity contribution >= 4 is 17.4 Å². The minimum absolute atomic E-state index is 0.375. The summed E-state index contributed by atoms with van der Waals surface area (Å²) in [6.45, 7) is 9.55. The lowest BCUT2D eigenvalue weighted by molar-refractivity contribution is 0.706. The van der Waals surface area contributed by atoms with Crippen LogP contribution in [0.1, 0.15) is 38.2 Å². The molecule has 1 atom stereocenters. The maximum atomic E-state index is 4.74. The summed E-state index contributed by atoms with van der Waals surface area (Å²) in [5, 5.41) is 3.90. The molecule has 0 amide bonds. The molecule has 4 nitrogen and oxygen atoms in total. The lowest BCUT2D eigenvalue weighted by atomic mass is 10.2. The van der Waals surface area contributed by atoms with Crippen LogP contribution < -0.4 is 10.2 Å². The molecule has 1 aliphatic heterocycles. The summed E-state index contributed by atoms with van der Waals surface area (Å²) in [4.78, 5) is 11.7. The lowest BCUT2D eigenvalue weighted by Gasteiger charge is -2.33. The van der Waals surface area contributed by atoms with Gasteiger partial charge in [0, 0.05) is 36.6 Å². The standard InChI is InChI=1S/C14H24N4S/c1-10(2)14-16-8-13(12(17-14)7-15-4)18-5-6-19-11(3)9-18/h8,10-11,15H,5-7,9H2,1-4H3. The van der Waals surface area contributed by atoms with Crippen molar-refractivity contribution in [3.05, 3.63) is 17.7 Å². The maximum absolute atomic E-state index is 4.74. The highest BCUT2D eigenvalue weighted by molar-refractivity contribution is 8.00. The molecule has 1 fully saturated rings. The summed E-state index contributed by atoms with van der Waals surface area (Å²) in [5.74, 6) is 2.50. The number of nitrogens with one attached hydrogen (secondary N) is 1. The summed E-state index contributed by atoms with van der Waals surface area (Å²) < 4.78 is 0. The van der Waals surface area contributed by atoms with Gasteiger partial charge in [0.2, 0.25) is 0 Å². The first-order valence-corrected chi connectivity index (χ1v) is 8.03. The first-order chi connectivity index (χ1) is 9.11. The zero-order chi connectivity index (χ0) is 13.8. The summed E-state index contributed by atoms with van der Waals surface area (Å²) in [7, 11) is 1.97. The van der Waals surface area contributed by atoms with E-state index < -0.39 is 0 Å². The molecule has 19 heavy (non-hydrogen) atoms. The quantitative estimate of drug-likeness (QED) is 0.916. The van der Waals surface area contributed by atoms with E-state index in [2.05, 4.69) is 36.0 Å². The van der Waals surface area contributed by atoms with Crippen LogP contribution in [0.4, 0.5) is 5.69 Å². The molecule has 0 aromatic carbocycles. The Kier molecular flexibility index (Phi) is 5.05. The van der Waals surface area contributed by atoms with Gasteiger partial charge in [0.25, 0.3) is 0 Å². The second-order valence-corrected chi connectivity index (χ2v) is 6.92. The van der Waals surface area contributed by atoms with Gasteiger partial charge in [-0.05, 0) is 7.05 Å². The van der Waals surface area contributed by atoms with Crippen LogP contribution in [0.25, 0.3) is 0 Å². The molecule has 1 aliphatic rings. The highest BCUT2D eigenvalue weighted by Crippen LogP contribution is 2.26. The minimum Gasteiger partial charge on any atom is -0.367 e. The van der Waals surface area contributed by atoms with Crippen LogP contribution in [0.15, 0.2) is 6.20 Å². The topological polar surface area (TPSA) is 41.1 Å².